The molecule has 4 rings (SSSR count). The summed E-state index contributed by atoms with van der Waals surface area (Å²) in [6, 6.07) is 10.4. The lowest BCUT2D eigenvalue weighted by molar-refractivity contribution is -0.128. The summed E-state index contributed by atoms with van der Waals surface area (Å²) < 4.78 is 0. The fourth-order valence-electron chi connectivity index (χ4n) is 3.71. The SMILES string of the molecule is C[C@@H]1CN(C(=O)C(=O)c2c[nH]c3nccc(N)c23)CCN1C(=O)c1ccccc1. The number of carbonyl (C=O) groups excluding carboxylic acids is 3. The average Bonchev–Trinajstić information content (AvgIpc) is 3.18. The van der Waals surface area contributed by atoms with Gasteiger partial charge in [0.25, 0.3) is 17.6 Å². The first-order valence-corrected chi connectivity index (χ1v) is 9.38. The Hall–Kier alpha value is -3.68. The Labute approximate surface area is 167 Å². The van der Waals surface area contributed by atoms with E-state index in [-0.39, 0.29) is 17.5 Å². The van der Waals surface area contributed by atoms with Gasteiger partial charge in [-0.25, -0.2) is 4.98 Å². The number of nitrogens with zero attached hydrogens (tertiary/aromatic N) is 3. The van der Waals surface area contributed by atoms with E-state index >= 15 is 0 Å². The van der Waals surface area contributed by atoms with Crippen LogP contribution >= 0.6 is 0 Å². The zero-order valence-corrected chi connectivity index (χ0v) is 16.0. The lowest BCUT2D eigenvalue weighted by Gasteiger charge is -2.39. The van der Waals surface area contributed by atoms with Crippen molar-refractivity contribution in [3.8, 4) is 0 Å². The number of nitrogens with one attached hydrogen (secondary N) is 1. The van der Waals surface area contributed by atoms with E-state index in [1.54, 1.807) is 23.1 Å². The Bertz CT molecular complexity index is 1090. The number of carbonyl (C=O) groups is 3. The number of anilines is 1. The largest absolute Gasteiger partial charge is 0.398 e. The van der Waals surface area contributed by atoms with Crippen molar-refractivity contribution in [2.75, 3.05) is 25.4 Å². The maximum absolute atomic E-state index is 12.8. The molecule has 1 aliphatic rings. The van der Waals surface area contributed by atoms with E-state index in [0.29, 0.717) is 41.9 Å². The number of nitrogen functional groups attached to an aromatic ring is 1. The van der Waals surface area contributed by atoms with Crippen LogP contribution in [0.1, 0.15) is 27.6 Å². The number of amides is 2. The van der Waals surface area contributed by atoms with Gasteiger partial charge < -0.3 is 20.5 Å². The van der Waals surface area contributed by atoms with Gasteiger partial charge in [-0.05, 0) is 25.1 Å². The molecule has 3 aromatic rings. The third-order valence-electron chi connectivity index (χ3n) is 5.24. The van der Waals surface area contributed by atoms with Gasteiger partial charge in [-0.2, -0.15) is 0 Å². The molecule has 0 saturated carbocycles. The van der Waals surface area contributed by atoms with Crippen LogP contribution in [0.25, 0.3) is 11.0 Å². The predicted molar refractivity (Wildman–Crippen MR) is 108 cm³/mol. The lowest BCUT2D eigenvalue weighted by Crippen LogP contribution is -2.56. The maximum atomic E-state index is 12.8. The van der Waals surface area contributed by atoms with Crippen LogP contribution in [0.3, 0.4) is 0 Å². The number of pyridine rings is 1. The minimum Gasteiger partial charge on any atom is -0.398 e. The van der Waals surface area contributed by atoms with Crippen molar-refractivity contribution in [3.05, 3.63) is 59.9 Å². The number of fused-ring (bicyclic) bond motifs is 1. The van der Waals surface area contributed by atoms with Gasteiger partial charge in [0.1, 0.15) is 5.65 Å². The van der Waals surface area contributed by atoms with Gasteiger partial charge in [0.05, 0.1) is 10.9 Å². The highest BCUT2D eigenvalue weighted by molar-refractivity contribution is 6.45. The summed E-state index contributed by atoms with van der Waals surface area (Å²) in [5.41, 5.74) is 7.64. The minimum absolute atomic E-state index is 0.0768. The third kappa shape index (κ3) is 3.33. The number of piperazine rings is 1. The van der Waals surface area contributed by atoms with E-state index in [1.165, 1.54) is 17.3 Å². The second kappa shape index (κ2) is 7.38. The normalized spacial score (nSPS) is 16.8. The molecule has 0 bridgehead atoms. The van der Waals surface area contributed by atoms with Crippen LogP contribution in [0.15, 0.2) is 48.8 Å². The molecule has 0 unspecified atom stereocenters. The molecule has 0 radical (unpaired) electrons. The fourth-order valence-corrected chi connectivity index (χ4v) is 3.71. The van der Waals surface area contributed by atoms with E-state index in [0.717, 1.165) is 0 Å². The molecule has 1 fully saturated rings. The summed E-state index contributed by atoms with van der Waals surface area (Å²) in [6.45, 7) is 2.83. The van der Waals surface area contributed by atoms with Crippen LogP contribution < -0.4 is 5.73 Å². The lowest BCUT2D eigenvalue weighted by atomic mass is 10.1. The summed E-state index contributed by atoms with van der Waals surface area (Å²) in [5, 5.41) is 0.455. The maximum Gasteiger partial charge on any atom is 0.295 e. The first kappa shape index (κ1) is 18.7. The molecular formula is C21H21N5O3. The van der Waals surface area contributed by atoms with Crippen molar-refractivity contribution < 1.29 is 14.4 Å². The number of hydrogen-bond donors (Lipinski definition) is 2. The zero-order valence-electron chi connectivity index (χ0n) is 16.0. The van der Waals surface area contributed by atoms with Crippen LogP contribution in [0.4, 0.5) is 5.69 Å². The minimum atomic E-state index is -0.633. The number of benzene rings is 1. The molecule has 29 heavy (non-hydrogen) atoms. The summed E-state index contributed by atoms with van der Waals surface area (Å²) in [5.74, 6) is -1.31. The van der Waals surface area contributed by atoms with Crippen LogP contribution in [0.5, 0.6) is 0 Å². The zero-order chi connectivity index (χ0) is 20.5. The molecule has 1 aliphatic heterocycles. The van der Waals surface area contributed by atoms with Gasteiger partial charge in [-0.15, -0.1) is 0 Å². The highest BCUT2D eigenvalue weighted by Crippen LogP contribution is 2.24. The highest BCUT2D eigenvalue weighted by atomic mass is 16.2. The van der Waals surface area contributed by atoms with Crippen LogP contribution in [0.2, 0.25) is 0 Å². The molecule has 0 aliphatic carbocycles. The second-order valence-corrected chi connectivity index (χ2v) is 7.12. The number of hydrogen-bond acceptors (Lipinski definition) is 5. The van der Waals surface area contributed by atoms with Crippen molar-refractivity contribution in [1.29, 1.82) is 0 Å². The van der Waals surface area contributed by atoms with Gasteiger partial charge >= 0.3 is 0 Å². The van der Waals surface area contributed by atoms with Crippen molar-refractivity contribution >= 4 is 34.3 Å². The number of Topliss-reactive ketones (excluding diaryl/α,β-unsaturated/α-hetero) is 1. The summed E-state index contributed by atoms with van der Waals surface area (Å²) in [6.07, 6.45) is 3.00. The van der Waals surface area contributed by atoms with Gasteiger partial charge in [-0.3, -0.25) is 14.4 Å². The van der Waals surface area contributed by atoms with Crippen LogP contribution in [0, 0.1) is 0 Å². The number of ketones is 1. The standard InChI is InChI=1S/C21H21N5O3/c1-13-12-25(9-10-26(13)20(28)14-5-3-2-4-6-14)21(29)18(27)15-11-24-19-17(15)16(22)7-8-23-19/h2-8,11,13H,9-10,12H2,1H3,(H3,22,23,24)/t13-/m1/s1. The Morgan fingerprint density at radius 2 is 1.90 bits per heavy atom. The number of aromatic nitrogens is 2. The van der Waals surface area contributed by atoms with Gasteiger partial charge in [-0.1, -0.05) is 18.2 Å². The molecule has 1 saturated heterocycles. The quantitative estimate of drug-likeness (QED) is 0.521. The number of H-pyrrole nitrogens is 1. The molecule has 1 aromatic carbocycles. The monoisotopic (exact) mass is 391 g/mol. The molecular weight excluding hydrogens is 370 g/mol. The number of nitrogens with two attached hydrogens (primary N) is 1. The van der Waals surface area contributed by atoms with Crippen molar-refractivity contribution in [3.63, 3.8) is 0 Å². The predicted octanol–water partition coefficient (Wildman–Crippen LogP) is 1.70. The number of aromatic amines is 1. The average molecular weight is 391 g/mol. The van der Waals surface area contributed by atoms with E-state index in [2.05, 4.69) is 9.97 Å². The van der Waals surface area contributed by atoms with Crippen LogP contribution in [-0.4, -0.2) is 63.0 Å². The molecule has 2 aromatic heterocycles. The van der Waals surface area contributed by atoms with E-state index in [9.17, 15) is 14.4 Å². The molecule has 148 valence electrons. The fraction of sp³-hybridized carbons (Fsp3) is 0.238. The van der Waals surface area contributed by atoms with Crippen molar-refractivity contribution in [1.82, 2.24) is 19.8 Å². The smallest absolute Gasteiger partial charge is 0.295 e. The summed E-state index contributed by atoms with van der Waals surface area (Å²) in [7, 11) is 0. The Balaban J connectivity index is 1.49. The second-order valence-electron chi connectivity index (χ2n) is 7.12. The summed E-state index contributed by atoms with van der Waals surface area (Å²) >= 11 is 0. The Morgan fingerprint density at radius 1 is 1.14 bits per heavy atom. The van der Waals surface area contributed by atoms with Crippen LogP contribution in [-0.2, 0) is 4.79 Å². The Kier molecular flexibility index (Phi) is 4.75. The van der Waals surface area contributed by atoms with Crippen molar-refractivity contribution in [2.45, 2.75) is 13.0 Å². The summed E-state index contributed by atoms with van der Waals surface area (Å²) in [4.78, 5) is 48.6. The number of rotatable bonds is 3. The Morgan fingerprint density at radius 3 is 2.62 bits per heavy atom. The molecule has 3 N–H and O–H groups in total. The van der Waals surface area contributed by atoms with E-state index < -0.39 is 11.7 Å². The molecule has 8 nitrogen and oxygen atoms in total. The molecule has 2 amide bonds. The topological polar surface area (TPSA) is 112 Å². The molecule has 3 heterocycles. The van der Waals surface area contributed by atoms with Gasteiger partial charge in [0.15, 0.2) is 0 Å². The van der Waals surface area contributed by atoms with Gasteiger partial charge in [0.2, 0.25) is 0 Å². The molecule has 8 heteroatoms. The molecule has 0 spiro atoms. The van der Waals surface area contributed by atoms with Crippen molar-refractivity contribution in [2.24, 2.45) is 0 Å². The van der Waals surface area contributed by atoms with E-state index in [4.69, 9.17) is 5.73 Å². The molecule has 1 atom stereocenters. The first-order chi connectivity index (χ1) is 14.0. The van der Waals surface area contributed by atoms with E-state index in [1.807, 2.05) is 25.1 Å². The third-order valence-corrected chi connectivity index (χ3v) is 5.24. The van der Waals surface area contributed by atoms with Gasteiger partial charge in [0, 0.05) is 49.3 Å². The first-order valence-electron chi connectivity index (χ1n) is 9.38. The highest BCUT2D eigenvalue weighted by Gasteiger charge is 2.33.